The summed E-state index contributed by atoms with van der Waals surface area (Å²) in [6.45, 7) is 14.1. The smallest absolute Gasteiger partial charge is 0.408 e. The van der Waals surface area contributed by atoms with Crippen LogP contribution >= 0.6 is 0 Å². The first-order valence-electron chi connectivity index (χ1n) is 14.7. The molecule has 0 fully saturated rings. The van der Waals surface area contributed by atoms with Gasteiger partial charge in [-0.15, -0.1) is 0 Å². The third kappa shape index (κ3) is 12.8. The predicted octanol–water partition coefficient (Wildman–Crippen LogP) is 5.22. The largest absolute Gasteiger partial charge is 0.444 e. The molecule has 0 aliphatic rings. The normalized spacial score (nSPS) is 12.8. The maximum Gasteiger partial charge on any atom is 0.408 e. The molecule has 0 spiro atoms. The Morgan fingerprint density at radius 3 is 2.12 bits per heavy atom. The fourth-order valence-electron chi connectivity index (χ4n) is 4.39. The van der Waals surface area contributed by atoms with Crippen LogP contribution in [0.1, 0.15) is 115 Å². The van der Waals surface area contributed by atoms with Crippen LogP contribution < -0.4 is 16.4 Å². The SMILES string of the molecule is CCCCCCCN(C(=O)C(CC(N)=O)NC(=O)OC(C)(C)C)C(C(=O)NCCCCC)c1ccc(C)c(C)c1. The molecular formula is C31H52N4O5. The summed E-state index contributed by atoms with van der Waals surface area (Å²) in [6, 6.07) is 3.51. The molecule has 2 atom stereocenters. The third-order valence-electron chi connectivity index (χ3n) is 6.67. The number of nitrogens with two attached hydrogens (primary N) is 1. The number of rotatable bonds is 17. The van der Waals surface area contributed by atoms with Crippen LogP contribution in [0.15, 0.2) is 18.2 Å². The lowest BCUT2D eigenvalue weighted by Gasteiger charge is -2.34. The molecule has 0 saturated carbocycles. The fourth-order valence-corrected chi connectivity index (χ4v) is 4.39. The van der Waals surface area contributed by atoms with Crippen LogP contribution in [0.4, 0.5) is 4.79 Å². The summed E-state index contributed by atoms with van der Waals surface area (Å²) >= 11 is 0. The Morgan fingerprint density at radius 1 is 0.925 bits per heavy atom. The molecule has 0 saturated heterocycles. The first kappa shape index (κ1) is 34.9. The summed E-state index contributed by atoms with van der Waals surface area (Å²) in [7, 11) is 0. The monoisotopic (exact) mass is 560 g/mol. The van der Waals surface area contributed by atoms with Crippen molar-refractivity contribution in [1.29, 1.82) is 0 Å². The maximum absolute atomic E-state index is 14.1. The van der Waals surface area contributed by atoms with Crippen molar-refractivity contribution in [3.05, 3.63) is 34.9 Å². The molecule has 2 unspecified atom stereocenters. The molecule has 1 aromatic rings. The number of carbonyl (C=O) groups is 4. The van der Waals surface area contributed by atoms with Gasteiger partial charge >= 0.3 is 6.09 Å². The second-order valence-corrected chi connectivity index (χ2v) is 11.6. The zero-order chi connectivity index (χ0) is 30.3. The van der Waals surface area contributed by atoms with E-state index in [0.29, 0.717) is 18.5 Å². The van der Waals surface area contributed by atoms with E-state index in [2.05, 4.69) is 24.5 Å². The number of hydrogen-bond donors (Lipinski definition) is 3. The number of ether oxygens (including phenoxy) is 1. The van der Waals surface area contributed by atoms with Gasteiger partial charge in [-0.3, -0.25) is 14.4 Å². The number of hydrogen-bond acceptors (Lipinski definition) is 5. The Bertz CT molecular complexity index is 973. The lowest BCUT2D eigenvalue weighted by molar-refractivity contribution is -0.143. The number of amides is 4. The number of aryl methyl sites for hydroxylation is 2. The van der Waals surface area contributed by atoms with E-state index in [0.717, 1.165) is 56.1 Å². The highest BCUT2D eigenvalue weighted by molar-refractivity contribution is 5.94. The Morgan fingerprint density at radius 2 is 1.55 bits per heavy atom. The van der Waals surface area contributed by atoms with Crippen molar-refractivity contribution < 1.29 is 23.9 Å². The topological polar surface area (TPSA) is 131 Å². The number of primary amides is 1. The van der Waals surface area contributed by atoms with Crippen LogP contribution in [0.3, 0.4) is 0 Å². The van der Waals surface area contributed by atoms with E-state index in [1.165, 1.54) is 4.90 Å². The number of benzene rings is 1. The molecular weight excluding hydrogens is 508 g/mol. The summed E-state index contributed by atoms with van der Waals surface area (Å²) in [5.41, 5.74) is 7.43. The molecule has 1 aromatic carbocycles. The van der Waals surface area contributed by atoms with E-state index in [9.17, 15) is 19.2 Å². The van der Waals surface area contributed by atoms with E-state index in [1.54, 1.807) is 20.8 Å². The van der Waals surface area contributed by atoms with Gasteiger partial charge in [-0.25, -0.2) is 4.79 Å². The average molecular weight is 561 g/mol. The van der Waals surface area contributed by atoms with Crippen LogP contribution in [0.5, 0.6) is 0 Å². The second-order valence-electron chi connectivity index (χ2n) is 11.6. The number of nitrogens with zero attached hydrogens (tertiary/aromatic N) is 1. The molecule has 0 radical (unpaired) electrons. The summed E-state index contributed by atoms with van der Waals surface area (Å²) in [6.07, 6.45) is 6.31. The molecule has 0 aliphatic heterocycles. The van der Waals surface area contributed by atoms with E-state index < -0.39 is 42.0 Å². The van der Waals surface area contributed by atoms with Crippen molar-refractivity contribution in [2.24, 2.45) is 5.73 Å². The number of carbonyl (C=O) groups excluding carboxylic acids is 4. The third-order valence-corrected chi connectivity index (χ3v) is 6.67. The van der Waals surface area contributed by atoms with Crippen LogP contribution in [0.25, 0.3) is 0 Å². The van der Waals surface area contributed by atoms with Gasteiger partial charge in [-0.1, -0.05) is 70.6 Å². The minimum atomic E-state index is -1.27. The Kier molecular flexibility index (Phi) is 15.3. The Labute approximate surface area is 241 Å². The zero-order valence-electron chi connectivity index (χ0n) is 25.7. The second kappa shape index (κ2) is 17.6. The van der Waals surface area contributed by atoms with Crippen molar-refractivity contribution in [3.63, 3.8) is 0 Å². The first-order valence-corrected chi connectivity index (χ1v) is 14.7. The molecule has 0 heterocycles. The highest BCUT2D eigenvalue weighted by Gasteiger charge is 2.36. The minimum absolute atomic E-state index is 0.285. The van der Waals surface area contributed by atoms with E-state index in [1.807, 2.05) is 32.0 Å². The van der Waals surface area contributed by atoms with Crippen molar-refractivity contribution in [2.45, 2.75) is 124 Å². The molecule has 0 bridgehead atoms. The van der Waals surface area contributed by atoms with Crippen molar-refractivity contribution in [3.8, 4) is 0 Å². The summed E-state index contributed by atoms with van der Waals surface area (Å²) < 4.78 is 5.35. The van der Waals surface area contributed by atoms with Gasteiger partial charge in [0.1, 0.15) is 17.7 Å². The predicted molar refractivity (Wildman–Crippen MR) is 159 cm³/mol. The number of alkyl carbamates (subject to hydrolysis) is 1. The fraction of sp³-hybridized carbons (Fsp3) is 0.677. The van der Waals surface area contributed by atoms with Crippen LogP contribution in [-0.4, -0.2) is 53.4 Å². The number of unbranched alkanes of at least 4 members (excludes halogenated alkanes) is 6. The molecule has 0 aliphatic carbocycles. The summed E-state index contributed by atoms with van der Waals surface area (Å²) in [5.74, 6) is -1.59. The van der Waals surface area contributed by atoms with Gasteiger partial charge in [0.2, 0.25) is 17.7 Å². The van der Waals surface area contributed by atoms with Crippen LogP contribution in [-0.2, 0) is 19.1 Å². The highest BCUT2D eigenvalue weighted by atomic mass is 16.6. The lowest BCUT2D eigenvalue weighted by Crippen LogP contribution is -2.54. The molecule has 4 N–H and O–H groups in total. The standard InChI is InChI=1S/C31H52N4O5/c1-8-10-12-13-15-19-35(29(38)25(21-26(32)36)34-30(39)40-31(5,6)7)27(28(37)33-18-14-11-9-2)24-17-16-22(3)23(4)20-24/h16-17,20,25,27H,8-15,18-19,21H2,1-7H3,(H2,32,36)(H,33,37)(H,34,39). The van der Waals surface area contributed by atoms with E-state index >= 15 is 0 Å². The molecule has 1 rings (SSSR count). The lowest BCUT2D eigenvalue weighted by atomic mass is 9.97. The van der Waals surface area contributed by atoms with Crippen LogP contribution in [0.2, 0.25) is 0 Å². The molecule has 226 valence electrons. The summed E-state index contributed by atoms with van der Waals surface area (Å²) in [5, 5.41) is 5.55. The first-order chi connectivity index (χ1) is 18.8. The zero-order valence-corrected chi connectivity index (χ0v) is 25.7. The number of nitrogens with one attached hydrogen (secondary N) is 2. The highest BCUT2D eigenvalue weighted by Crippen LogP contribution is 2.26. The van der Waals surface area contributed by atoms with Gasteiger partial charge in [0, 0.05) is 13.1 Å². The van der Waals surface area contributed by atoms with E-state index in [4.69, 9.17) is 10.5 Å². The average Bonchev–Trinajstić information content (AvgIpc) is 2.85. The van der Waals surface area contributed by atoms with Gasteiger partial charge in [-0.05, 0) is 64.2 Å². The van der Waals surface area contributed by atoms with Crippen molar-refractivity contribution >= 4 is 23.8 Å². The van der Waals surface area contributed by atoms with Crippen LogP contribution in [0, 0.1) is 13.8 Å². The quantitative estimate of drug-likeness (QED) is 0.225. The summed E-state index contributed by atoms with van der Waals surface area (Å²) in [4.78, 5) is 53.9. The maximum atomic E-state index is 14.1. The Hall–Kier alpha value is -3.10. The molecule has 40 heavy (non-hydrogen) atoms. The minimum Gasteiger partial charge on any atom is -0.444 e. The van der Waals surface area contributed by atoms with Gasteiger partial charge in [0.05, 0.1) is 6.42 Å². The van der Waals surface area contributed by atoms with Gasteiger partial charge in [0.25, 0.3) is 0 Å². The van der Waals surface area contributed by atoms with Crippen molar-refractivity contribution in [2.75, 3.05) is 13.1 Å². The van der Waals surface area contributed by atoms with Gasteiger partial charge in [0.15, 0.2) is 0 Å². The molecule has 0 aromatic heterocycles. The van der Waals surface area contributed by atoms with E-state index in [-0.39, 0.29) is 12.5 Å². The Balaban J connectivity index is 3.49. The molecule has 9 nitrogen and oxygen atoms in total. The van der Waals surface area contributed by atoms with Crippen molar-refractivity contribution in [1.82, 2.24) is 15.5 Å². The molecule has 9 heteroatoms. The van der Waals surface area contributed by atoms with Gasteiger partial charge < -0.3 is 26.0 Å². The molecule has 4 amide bonds. The van der Waals surface area contributed by atoms with Gasteiger partial charge in [-0.2, -0.15) is 0 Å².